The lowest BCUT2D eigenvalue weighted by molar-refractivity contribution is 0.0418. The first kappa shape index (κ1) is 12.2. The summed E-state index contributed by atoms with van der Waals surface area (Å²) in [6, 6.07) is 9.93. The molecule has 2 aromatic rings. The van der Waals surface area contributed by atoms with Gasteiger partial charge in [0.2, 0.25) is 0 Å². The molecular formula is C14H13N3OS. The van der Waals surface area contributed by atoms with Crippen molar-refractivity contribution in [2.75, 3.05) is 24.6 Å². The zero-order chi connectivity index (χ0) is 13.1. The Hall–Kier alpha value is -1.90. The lowest BCUT2D eigenvalue weighted by Crippen LogP contribution is -2.38. The van der Waals surface area contributed by atoms with Crippen molar-refractivity contribution in [2.24, 2.45) is 0 Å². The van der Waals surface area contributed by atoms with Gasteiger partial charge in [0.15, 0.2) is 0 Å². The van der Waals surface area contributed by atoms with Crippen LogP contribution in [0, 0.1) is 11.3 Å². The second-order valence-electron chi connectivity index (χ2n) is 4.34. The highest BCUT2D eigenvalue weighted by Gasteiger charge is 2.23. The molecule has 1 saturated heterocycles. The molecule has 0 radical (unpaired) electrons. The number of nitriles is 1. The monoisotopic (exact) mass is 271 g/mol. The molecule has 0 saturated carbocycles. The summed E-state index contributed by atoms with van der Waals surface area (Å²) < 4.78 is 5.81. The van der Waals surface area contributed by atoms with E-state index in [2.05, 4.69) is 27.4 Å². The summed E-state index contributed by atoms with van der Waals surface area (Å²) >= 11 is 1.72. The van der Waals surface area contributed by atoms with E-state index in [-0.39, 0.29) is 6.10 Å². The zero-order valence-corrected chi connectivity index (χ0v) is 11.1. The predicted octanol–water partition coefficient (Wildman–Crippen LogP) is 2.59. The normalized spacial score (nSPS) is 19.1. The molecule has 96 valence electrons. The van der Waals surface area contributed by atoms with E-state index in [1.54, 1.807) is 23.6 Å². The van der Waals surface area contributed by atoms with Crippen molar-refractivity contribution in [1.82, 2.24) is 4.98 Å². The summed E-state index contributed by atoms with van der Waals surface area (Å²) in [5.41, 5.74) is 0.590. The van der Waals surface area contributed by atoms with Crippen molar-refractivity contribution in [1.29, 1.82) is 5.26 Å². The lowest BCUT2D eigenvalue weighted by Gasteiger charge is -2.33. The predicted molar refractivity (Wildman–Crippen MR) is 74.2 cm³/mol. The Bertz CT molecular complexity index is 574. The van der Waals surface area contributed by atoms with Crippen LogP contribution in [-0.4, -0.2) is 24.7 Å². The second-order valence-corrected chi connectivity index (χ2v) is 5.32. The molecular weight excluding hydrogens is 258 g/mol. The Morgan fingerprint density at radius 1 is 1.42 bits per heavy atom. The van der Waals surface area contributed by atoms with Gasteiger partial charge in [-0.15, -0.1) is 11.3 Å². The molecule has 0 aromatic carbocycles. The number of ether oxygens (including phenoxy) is 1. The number of pyridine rings is 1. The third kappa shape index (κ3) is 2.60. The molecule has 0 N–H and O–H groups in total. The Labute approximate surface area is 115 Å². The van der Waals surface area contributed by atoms with Crippen LogP contribution in [0.1, 0.15) is 16.5 Å². The van der Waals surface area contributed by atoms with Crippen LogP contribution in [0.15, 0.2) is 35.8 Å². The molecule has 3 heterocycles. The van der Waals surface area contributed by atoms with Gasteiger partial charge in [0.1, 0.15) is 18.0 Å². The highest BCUT2D eigenvalue weighted by molar-refractivity contribution is 7.10. The van der Waals surface area contributed by atoms with Crippen molar-refractivity contribution in [3.63, 3.8) is 0 Å². The molecule has 0 aliphatic carbocycles. The highest BCUT2D eigenvalue weighted by atomic mass is 32.1. The minimum absolute atomic E-state index is 0.117. The van der Waals surface area contributed by atoms with Gasteiger partial charge < -0.3 is 9.64 Å². The van der Waals surface area contributed by atoms with E-state index in [1.807, 2.05) is 12.1 Å². The summed E-state index contributed by atoms with van der Waals surface area (Å²) in [7, 11) is 0. The topological polar surface area (TPSA) is 49.2 Å². The van der Waals surface area contributed by atoms with E-state index in [4.69, 9.17) is 10.00 Å². The third-order valence-electron chi connectivity index (χ3n) is 3.13. The number of thiophene rings is 1. The Balaban J connectivity index is 1.76. The summed E-state index contributed by atoms with van der Waals surface area (Å²) in [4.78, 5) is 7.79. The summed E-state index contributed by atoms with van der Waals surface area (Å²) in [6.07, 6.45) is 1.73. The van der Waals surface area contributed by atoms with Gasteiger partial charge in [-0.1, -0.05) is 6.07 Å². The smallest absolute Gasteiger partial charge is 0.128 e. The quantitative estimate of drug-likeness (QED) is 0.842. The number of hydrogen-bond donors (Lipinski definition) is 0. The van der Waals surface area contributed by atoms with Gasteiger partial charge in [0, 0.05) is 17.6 Å². The number of rotatable bonds is 2. The number of anilines is 1. The molecule has 3 rings (SSSR count). The SMILES string of the molecule is N#Cc1ccc(N2CCOC(c3cccs3)C2)nc1. The average Bonchev–Trinajstić information content (AvgIpc) is 3.02. The Kier molecular flexibility index (Phi) is 3.45. The van der Waals surface area contributed by atoms with Crippen LogP contribution in [0.4, 0.5) is 5.82 Å². The standard InChI is InChI=1S/C14H13N3OS/c15-8-11-3-4-14(16-9-11)17-5-6-18-12(10-17)13-2-1-7-19-13/h1-4,7,9,12H,5-6,10H2. The number of nitrogens with zero attached hydrogens (tertiary/aromatic N) is 3. The highest BCUT2D eigenvalue weighted by Crippen LogP contribution is 2.27. The van der Waals surface area contributed by atoms with Gasteiger partial charge in [0.05, 0.1) is 18.7 Å². The van der Waals surface area contributed by atoms with Crippen LogP contribution in [0.5, 0.6) is 0 Å². The zero-order valence-electron chi connectivity index (χ0n) is 10.3. The summed E-state index contributed by atoms with van der Waals surface area (Å²) in [5, 5.41) is 10.9. The first-order chi connectivity index (χ1) is 9.36. The molecule has 2 aromatic heterocycles. The fourth-order valence-corrected chi connectivity index (χ4v) is 2.91. The minimum Gasteiger partial charge on any atom is -0.369 e. The van der Waals surface area contributed by atoms with Gasteiger partial charge in [0.25, 0.3) is 0 Å². The van der Waals surface area contributed by atoms with Crippen molar-refractivity contribution in [3.05, 3.63) is 46.3 Å². The van der Waals surface area contributed by atoms with E-state index in [9.17, 15) is 0 Å². The molecule has 5 heteroatoms. The maximum absolute atomic E-state index is 8.78. The van der Waals surface area contributed by atoms with E-state index in [1.165, 1.54) is 4.88 Å². The number of hydrogen-bond acceptors (Lipinski definition) is 5. The third-order valence-corrected chi connectivity index (χ3v) is 4.09. The fraction of sp³-hybridized carbons (Fsp3) is 0.286. The molecule has 0 amide bonds. The summed E-state index contributed by atoms with van der Waals surface area (Å²) in [5.74, 6) is 0.906. The molecule has 0 bridgehead atoms. The van der Waals surface area contributed by atoms with Crippen LogP contribution >= 0.6 is 11.3 Å². The maximum atomic E-state index is 8.78. The molecule has 19 heavy (non-hydrogen) atoms. The van der Waals surface area contributed by atoms with E-state index >= 15 is 0 Å². The van der Waals surface area contributed by atoms with Crippen LogP contribution < -0.4 is 4.90 Å². The van der Waals surface area contributed by atoms with E-state index < -0.39 is 0 Å². The molecule has 1 fully saturated rings. The Morgan fingerprint density at radius 3 is 3.05 bits per heavy atom. The summed E-state index contributed by atoms with van der Waals surface area (Å²) in [6.45, 7) is 2.34. The molecule has 1 unspecified atom stereocenters. The first-order valence-electron chi connectivity index (χ1n) is 6.13. The van der Waals surface area contributed by atoms with Gasteiger partial charge in [-0.25, -0.2) is 4.98 Å². The van der Waals surface area contributed by atoms with Crippen molar-refractivity contribution < 1.29 is 4.74 Å². The van der Waals surface area contributed by atoms with Gasteiger partial charge in [-0.3, -0.25) is 0 Å². The van der Waals surface area contributed by atoms with Crippen LogP contribution in [-0.2, 0) is 4.74 Å². The van der Waals surface area contributed by atoms with E-state index in [0.29, 0.717) is 12.2 Å². The fourth-order valence-electron chi connectivity index (χ4n) is 2.14. The van der Waals surface area contributed by atoms with Gasteiger partial charge >= 0.3 is 0 Å². The maximum Gasteiger partial charge on any atom is 0.128 e. The van der Waals surface area contributed by atoms with Crippen LogP contribution in [0.3, 0.4) is 0 Å². The van der Waals surface area contributed by atoms with Crippen molar-refractivity contribution >= 4 is 17.2 Å². The van der Waals surface area contributed by atoms with Crippen molar-refractivity contribution in [2.45, 2.75) is 6.10 Å². The molecule has 4 nitrogen and oxygen atoms in total. The largest absolute Gasteiger partial charge is 0.369 e. The van der Waals surface area contributed by atoms with Gasteiger partial charge in [-0.2, -0.15) is 5.26 Å². The number of morpholine rings is 1. The van der Waals surface area contributed by atoms with E-state index in [0.717, 1.165) is 18.9 Å². The van der Waals surface area contributed by atoms with Gasteiger partial charge in [-0.05, 0) is 23.6 Å². The average molecular weight is 271 g/mol. The lowest BCUT2D eigenvalue weighted by atomic mass is 10.2. The minimum atomic E-state index is 0.117. The second kappa shape index (κ2) is 5.39. The molecule has 0 spiro atoms. The van der Waals surface area contributed by atoms with Crippen molar-refractivity contribution in [3.8, 4) is 6.07 Å². The van der Waals surface area contributed by atoms with Crippen LogP contribution in [0.25, 0.3) is 0 Å². The number of aromatic nitrogens is 1. The molecule has 1 atom stereocenters. The molecule has 1 aliphatic rings. The molecule has 1 aliphatic heterocycles. The first-order valence-corrected chi connectivity index (χ1v) is 7.01. The van der Waals surface area contributed by atoms with Crippen LogP contribution in [0.2, 0.25) is 0 Å². The Morgan fingerprint density at radius 2 is 2.37 bits per heavy atom.